The van der Waals surface area contributed by atoms with Crippen LogP contribution in [0, 0.1) is 0 Å². The average Bonchev–Trinajstić information content (AvgIpc) is 3.25. The van der Waals surface area contributed by atoms with Gasteiger partial charge in [0.25, 0.3) is 11.5 Å². The number of pyridine rings is 1. The van der Waals surface area contributed by atoms with E-state index in [1.807, 2.05) is 33.5 Å². The Balaban J connectivity index is 1.49. The number of likely N-dealkylation sites (N-methyl/N-ethyl adjacent to an activating group) is 1. The maximum absolute atomic E-state index is 13.0. The molecule has 3 aromatic rings. The van der Waals surface area contributed by atoms with E-state index in [9.17, 15) is 9.59 Å². The van der Waals surface area contributed by atoms with Crippen molar-refractivity contribution in [1.29, 1.82) is 0 Å². The number of piperidine rings is 1. The summed E-state index contributed by atoms with van der Waals surface area (Å²) in [5.74, 6) is -0.0348. The Labute approximate surface area is 174 Å². The number of carbonyl (C=O) groups excluding carboxylic acids is 1. The SMILES string of the molecule is COCCN(C)c1cnn([C@H]2CCCN(C(=O)c3ccn4cncc4c3)C2)c(=O)c1. The maximum Gasteiger partial charge on any atom is 0.269 e. The van der Waals surface area contributed by atoms with Crippen LogP contribution >= 0.6 is 0 Å². The number of ether oxygens (including phenoxy) is 1. The second-order valence-electron chi connectivity index (χ2n) is 7.60. The van der Waals surface area contributed by atoms with Crippen molar-refractivity contribution in [1.82, 2.24) is 24.1 Å². The number of anilines is 1. The smallest absolute Gasteiger partial charge is 0.269 e. The fraction of sp³-hybridized carbons (Fsp3) is 0.429. The number of nitrogens with zero attached hydrogens (tertiary/aromatic N) is 6. The number of fused-ring (bicyclic) bond motifs is 1. The first-order valence-electron chi connectivity index (χ1n) is 10.1. The van der Waals surface area contributed by atoms with Gasteiger partial charge in [0.05, 0.1) is 42.6 Å². The van der Waals surface area contributed by atoms with Gasteiger partial charge >= 0.3 is 0 Å². The quantitative estimate of drug-likeness (QED) is 0.612. The van der Waals surface area contributed by atoms with Crippen molar-refractivity contribution in [2.75, 3.05) is 45.3 Å². The molecule has 1 fully saturated rings. The molecule has 0 spiro atoms. The standard InChI is InChI=1S/C21H26N6O3/c1-24(8-9-30-2)18-11-20(28)27(23-13-18)17-4-3-6-25(14-17)21(29)16-5-7-26-15-22-12-19(26)10-16/h5,7,10-13,15,17H,3-4,6,8-9,14H2,1-2H3/t17-/m0/s1. The van der Waals surface area contributed by atoms with Crippen LogP contribution in [0.25, 0.3) is 5.52 Å². The van der Waals surface area contributed by atoms with Crippen LogP contribution in [0.2, 0.25) is 0 Å². The zero-order valence-electron chi connectivity index (χ0n) is 17.3. The number of rotatable bonds is 6. The Bertz CT molecular complexity index is 1090. The molecule has 0 aliphatic carbocycles. The molecule has 1 atom stereocenters. The molecular weight excluding hydrogens is 384 g/mol. The fourth-order valence-electron chi connectivity index (χ4n) is 3.82. The minimum absolute atomic E-state index is 0.0348. The first-order chi connectivity index (χ1) is 14.6. The number of methoxy groups -OCH3 is 1. The highest BCUT2D eigenvalue weighted by Gasteiger charge is 2.27. The van der Waals surface area contributed by atoms with Gasteiger partial charge in [0, 0.05) is 51.6 Å². The Morgan fingerprint density at radius 2 is 2.20 bits per heavy atom. The molecule has 4 heterocycles. The second kappa shape index (κ2) is 8.66. The fourth-order valence-corrected chi connectivity index (χ4v) is 3.82. The third-order valence-corrected chi connectivity index (χ3v) is 5.57. The van der Waals surface area contributed by atoms with Crippen molar-refractivity contribution in [3.63, 3.8) is 0 Å². The Kier molecular flexibility index (Phi) is 5.80. The Hall–Kier alpha value is -3.20. The minimum Gasteiger partial charge on any atom is -0.383 e. The summed E-state index contributed by atoms with van der Waals surface area (Å²) >= 11 is 0. The lowest BCUT2D eigenvalue weighted by Gasteiger charge is -2.33. The number of hydrogen-bond donors (Lipinski definition) is 0. The molecule has 0 N–H and O–H groups in total. The van der Waals surface area contributed by atoms with Crippen molar-refractivity contribution in [3.8, 4) is 0 Å². The molecule has 0 radical (unpaired) electrons. The van der Waals surface area contributed by atoms with Gasteiger partial charge in [-0.2, -0.15) is 5.10 Å². The highest BCUT2D eigenvalue weighted by atomic mass is 16.5. The first kappa shape index (κ1) is 20.1. The van der Waals surface area contributed by atoms with Crippen molar-refractivity contribution in [2.24, 2.45) is 0 Å². The van der Waals surface area contributed by atoms with E-state index in [1.54, 1.807) is 38.0 Å². The highest BCUT2D eigenvalue weighted by molar-refractivity contribution is 5.95. The molecule has 0 saturated carbocycles. The third-order valence-electron chi connectivity index (χ3n) is 5.57. The van der Waals surface area contributed by atoms with Crippen LogP contribution in [-0.2, 0) is 4.74 Å². The van der Waals surface area contributed by atoms with Crippen LogP contribution in [0.4, 0.5) is 5.69 Å². The molecule has 9 nitrogen and oxygen atoms in total. The van der Waals surface area contributed by atoms with Crippen LogP contribution in [0.1, 0.15) is 29.2 Å². The van der Waals surface area contributed by atoms with Crippen molar-refractivity contribution >= 4 is 17.1 Å². The number of amides is 1. The summed E-state index contributed by atoms with van der Waals surface area (Å²) in [4.78, 5) is 33.6. The number of hydrogen-bond acceptors (Lipinski definition) is 6. The number of carbonyl (C=O) groups is 1. The van der Waals surface area contributed by atoms with E-state index in [0.29, 0.717) is 31.8 Å². The lowest BCUT2D eigenvalue weighted by molar-refractivity contribution is 0.0670. The van der Waals surface area contributed by atoms with Crippen LogP contribution in [0.15, 0.2) is 47.9 Å². The van der Waals surface area contributed by atoms with Crippen molar-refractivity contribution in [2.45, 2.75) is 18.9 Å². The topological polar surface area (TPSA) is 85.0 Å². The molecule has 1 aliphatic heterocycles. The van der Waals surface area contributed by atoms with Gasteiger partial charge in [-0.1, -0.05) is 0 Å². The van der Waals surface area contributed by atoms with Crippen LogP contribution < -0.4 is 10.5 Å². The van der Waals surface area contributed by atoms with Gasteiger partial charge in [0.15, 0.2) is 0 Å². The van der Waals surface area contributed by atoms with E-state index in [0.717, 1.165) is 24.0 Å². The summed E-state index contributed by atoms with van der Waals surface area (Å²) in [7, 11) is 3.55. The van der Waals surface area contributed by atoms with Crippen LogP contribution in [-0.4, -0.2) is 70.4 Å². The van der Waals surface area contributed by atoms with Gasteiger partial charge in [-0.3, -0.25) is 9.59 Å². The molecule has 30 heavy (non-hydrogen) atoms. The van der Waals surface area contributed by atoms with E-state index in [-0.39, 0.29) is 17.5 Å². The summed E-state index contributed by atoms with van der Waals surface area (Å²) in [6.45, 7) is 2.39. The lowest BCUT2D eigenvalue weighted by atomic mass is 10.0. The van der Waals surface area contributed by atoms with Crippen molar-refractivity contribution < 1.29 is 9.53 Å². The summed E-state index contributed by atoms with van der Waals surface area (Å²) < 4.78 is 8.46. The minimum atomic E-state index is -0.156. The van der Waals surface area contributed by atoms with E-state index in [1.165, 1.54) is 4.68 Å². The van der Waals surface area contributed by atoms with Gasteiger partial charge < -0.3 is 18.9 Å². The second-order valence-corrected chi connectivity index (χ2v) is 7.60. The zero-order valence-corrected chi connectivity index (χ0v) is 17.3. The van der Waals surface area contributed by atoms with Gasteiger partial charge in [0.2, 0.25) is 0 Å². The van der Waals surface area contributed by atoms with Crippen LogP contribution in [0.3, 0.4) is 0 Å². The largest absolute Gasteiger partial charge is 0.383 e. The van der Waals surface area contributed by atoms with Gasteiger partial charge in [-0.15, -0.1) is 0 Å². The molecule has 0 unspecified atom stereocenters. The monoisotopic (exact) mass is 410 g/mol. The van der Waals surface area contributed by atoms with E-state index < -0.39 is 0 Å². The predicted molar refractivity (Wildman–Crippen MR) is 113 cm³/mol. The number of aromatic nitrogens is 4. The van der Waals surface area contributed by atoms with Gasteiger partial charge in [-0.25, -0.2) is 9.67 Å². The molecule has 0 bridgehead atoms. The molecule has 3 aromatic heterocycles. The van der Waals surface area contributed by atoms with E-state index in [4.69, 9.17) is 4.74 Å². The summed E-state index contributed by atoms with van der Waals surface area (Å²) in [6.07, 6.45) is 8.61. The molecule has 0 aromatic carbocycles. The Morgan fingerprint density at radius 1 is 1.33 bits per heavy atom. The molecule has 158 valence electrons. The first-order valence-corrected chi connectivity index (χ1v) is 10.1. The van der Waals surface area contributed by atoms with E-state index in [2.05, 4.69) is 10.1 Å². The third kappa shape index (κ3) is 4.06. The molecular formula is C21H26N6O3. The summed E-state index contributed by atoms with van der Waals surface area (Å²) in [6, 6.07) is 5.10. The van der Waals surface area contributed by atoms with Crippen LogP contribution in [0.5, 0.6) is 0 Å². The highest BCUT2D eigenvalue weighted by Crippen LogP contribution is 2.22. The average molecular weight is 410 g/mol. The van der Waals surface area contributed by atoms with Gasteiger partial charge in [0.1, 0.15) is 0 Å². The Morgan fingerprint density at radius 3 is 3.00 bits per heavy atom. The normalized spacial score (nSPS) is 16.7. The molecule has 9 heteroatoms. The molecule has 1 amide bonds. The van der Waals surface area contributed by atoms with Crippen molar-refractivity contribution in [3.05, 3.63) is 59.0 Å². The lowest BCUT2D eigenvalue weighted by Crippen LogP contribution is -2.43. The summed E-state index contributed by atoms with van der Waals surface area (Å²) in [5.41, 5.74) is 2.10. The number of likely N-dealkylation sites (tertiary alicyclic amines) is 1. The predicted octanol–water partition coefficient (Wildman–Crippen LogP) is 1.45. The number of imidazole rings is 1. The molecule has 1 saturated heterocycles. The van der Waals surface area contributed by atoms with E-state index >= 15 is 0 Å². The molecule has 1 aliphatic rings. The van der Waals surface area contributed by atoms with Gasteiger partial charge in [-0.05, 0) is 25.0 Å². The summed E-state index contributed by atoms with van der Waals surface area (Å²) in [5, 5.41) is 4.40. The maximum atomic E-state index is 13.0. The molecule has 4 rings (SSSR count). The zero-order chi connectivity index (χ0) is 21.1.